The Labute approximate surface area is 175 Å². The number of carbonyl (C=O) groups excluding carboxylic acids is 2. The summed E-state index contributed by atoms with van der Waals surface area (Å²) in [6.07, 6.45) is 1.59. The SMILES string of the molecule is CN1C(=O)N(c2ccc(C#Cc3ccccc3)cc2Cl)C(=O)CC12CCOCC2. The third kappa shape index (κ3) is 3.74. The molecule has 2 fully saturated rings. The molecule has 148 valence electrons. The van der Waals surface area contributed by atoms with Gasteiger partial charge in [-0.25, -0.2) is 9.69 Å². The molecule has 2 aliphatic rings. The van der Waals surface area contributed by atoms with Gasteiger partial charge in [-0.2, -0.15) is 0 Å². The second-order valence-corrected chi connectivity index (χ2v) is 7.77. The molecule has 0 atom stereocenters. The van der Waals surface area contributed by atoms with E-state index in [0.717, 1.165) is 5.56 Å². The van der Waals surface area contributed by atoms with Crippen LogP contribution in [0.3, 0.4) is 0 Å². The van der Waals surface area contributed by atoms with Crippen LogP contribution in [0, 0.1) is 11.8 Å². The minimum absolute atomic E-state index is 0.236. The van der Waals surface area contributed by atoms with Gasteiger partial charge >= 0.3 is 6.03 Å². The number of rotatable bonds is 1. The summed E-state index contributed by atoms with van der Waals surface area (Å²) in [5.41, 5.74) is 1.54. The quantitative estimate of drug-likeness (QED) is 0.668. The van der Waals surface area contributed by atoms with Crippen LogP contribution in [0.1, 0.15) is 30.4 Å². The summed E-state index contributed by atoms with van der Waals surface area (Å²) in [5.74, 6) is 5.90. The lowest BCUT2D eigenvalue weighted by Crippen LogP contribution is -2.64. The minimum atomic E-state index is -0.462. The monoisotopic (exact) mass is 408 g/mol. The zero-order valence-electron chi connectivity index (χ0n) is 16.2. The molecule has 2 aromatic rings. The Morgan fingerprint density at radius 3 is 2.38 bits per heavy atom. The number of anilines is 1. The van der Waals surface area contributed by atoms with Gasteiger partial charge < -0.3 is 9.64 Å². The van der Waals surface area contributed by atoms with Gasteiger partial charge in [0, 0.05) is 31.4 Å². The van der Waals surface area contributed by atoms with E-state index in [-0.39, 0.29) is 18.4 Å². The van der Waals surface area contributed by atoms with E-state index in [0.29, 0.717) is 42.3 Å². The number of halogens is 1. The van der Waals surface area contributed by atoms with Gasteiger partial charge in [0.2, 0.25) is 5.91 Å². The average molecular weight is 409 g/mol. The number of benzene rings is 2. The molecular weight excluding hydrogens is 388 g/mol. The number of imide groups is 1. The first-order valence-electron chi connectivity index (χ1n) is 9.55. The van der Waals surface area contributed by atoms with E-state index in [1.807, 2.05) is 30.3 Å². The van der Waals surface area contributed by atoms with Gasteiger partial charge in [0.25, 0.3) is 0 Å². The van der Waals surface area contributed by atoms with Crippen LogP contribution in [0.15, 0.2) is 48.5 Å². The Balaban J connectivity index is 1.59. The van der Waals surface area contributed by atoms with E-state index in [4.69, 9.17) is 16.3 Å². The summed E-state index contributed by atoms with van der Waals surface area (Å²) in [7, 11) is 1.75. The van der Waals surface area contributed by atoms with Gasteiger partial charge in [0.15, 0.2) is 0 Å². The van der Waals surface area contributed by atoms with Crippen molar-refractivity contribution in [3.05, 3.63) is 64.7 Å². The summed E-state index contributed by atoms with van der Waals surface area (Å²) in [4.78, 5) is 28.8. The summed E-state index contributed by atoms with van der Waals surface area (Å²) >= 11 is 6.45. The standard InChI is InChI=1S/C23H21ClN2O3/c1-25-22(28)26(21(27)16-23(25)11-13-29-14-12-23)20-10-9-18(15-19(20)24)8-7-17-5-3-2-4-6-17/h2-6,9-10,15H,11-14,16H2,1H3. The van der Waals surface area contributed by atoms with Crippen molar-refractivity contribution in [2.45, 2.75) is 24.8 Å². The van der Waals surface area contributed by atoms with Crippen molar-refractivity contribution in [1.82, 2.24) is 4.90 Å². The third-order valence-corrected chi connectivity index (χ3v) is 5.96. The Hall–Kier alpha value is -2.81. The Morgan fingerprint density at radius 1 is 1.00 bits per heavy atom. The maximum atomic E-state index is 13.1. The number of hydrogen-bond donors (Lipinski definition) is 0. The largest absolute Gasteiger partial charge is 0.381 e. The molecule has 3 amide bonds. The maximum Gasteiger partial charge on any atom is 0.331 e. The highest BCUT2D eigenvalue weighted by Gasteiger charge is 2.49. The molecule has 0 saturated carbocycles. The lowest BCUT2D eigenvalue weighted by molar-refractivity contribution is -0.124. The molecule has 0 N–H and O–H groups in total. The van der Waals surface area contributed by atoms with Gasteiger partial charge in [-0.3, -0.25) is 4.79 Å². The smallest absolute Gasteiger partial charge is 0.331 e. The average Bonchev–Trinajstić information content (AvgIpc) is 2.73. The number of carbonyl (C=O) groups is 2. The van der Waals surface area contributed by atoms with Crippen LogP contribution < -0.4 is 4.90 Å². The fourth-order valence-electron chi connectivity index (χ4n) is 3.87. The van der Waals surface area contributed by atoms with Crippen LogP contribution in [-0.4, -0.2) is 42.6 Å². The van der Waals surface area contributed by atoms with E-state index in [9.17, 15) is 9.59 Å². The molecule has 4 rings (SSSR count). The molecule has 2 saturated heterocycles. The van der Waals surface area contributed by atoms with Gasteiger partial charge in [0.05, 0.1) is 22.7 Å². The van der Waals surface area contributed by atoms with Crippen molar-refractivity contribution in [2.24, 2.45) is 0 Å². The second-order valence-electron chi connectivity index (χ2n) is 7.37. The molecule has 29 heavy (non-hydrogen) atoms. The minimum Gasteiger partial charge on any atom is -0.381 e. The third-order valence-electron chi connectivity index (χ3n) is 5.66. The van der Waals surface area contributed by atoms with E-state index in [2.05, 4.69) is 11.8 Å². The normalized spacial score (nSPS) is 18.6. The zero-order valence-corrected chi connectivity index (χ0v) is 16.9. The number of nitrogens with zero attached hydrogens (tertiary/aromatic N) is 2. The lowest BCUT2D eigenvalue weighted by Gasteiger charge is -2.49. The zero-order chi connectivity index (χ0) is 20.4. The first-order chi connectivity index (χ1) is 14.0. The fourth-order valence-corrected chi connectivity index (χ4v) is 4.14. The molecule has 2 aliphatic heterocycles. The van der Waals surface area contributed by atoms with Crippen molar-refractivity contribution < 1.29 is 14.3 Å². The molecule has 1 spiro atoms. The lowest BCUT2D eigenvalue weighted by atomic mass is 9.83. The summed E-state index contributed by atoms with van der Waals surface area (Å²) in [5, 5.41) is 0.322. The van der Waals surface area contributed by atoms with Crippen molar-refractivity contribution in [3.63, 3.8) is 0 Å². The van der Waals surface area contributed by atoms with Crippen LogP contribution in [0.4, 0.5) is 10.5 Å². The Kier molecular flexibility index (Phi) is 5.31. The highest BCUT2D eigenvalue weighted by Crippen LogP contribution is 2.38. The maximum absolute atomic E-state index is 13.1. The number of ether oxygens (including phenoxy) is 1. The van der Waals surface area contributed by atoms with Gasteiger partial charge in [-0.05, 0) is 43.2 Å². The number of amides is 3. The molecule has 0 aliphatic carbocycles. The van der Waals surface area contributed by atoms with Crippen LogP contribution in [-0.2, 0) is 9.53 Å². The predicted molar refractivity (Wildman–Crippen MR) is 112 cm³/mol. The van der Waals surface area contributed by atoms with Gasteiger partial charge in [-0.1, -0.05) is 41.6 Å². The second kappa shape index (κ2) is 7.90. The van der Waals surface area contributed by atoms with E-state index >= 15 is 0 Å². The Bertz CT molecular complexity index is 1000. The summed E-state index contributed by atoms with van der Waals surface area (Å²) in [6.45, 7) is 1.11. The first kappa shape index (κ1) is 19.5. The number of urea groups is 1. The molecule has 0 radical (unpaired) electrons. The van der Waals surface area contributed by atoms with Crippen molar-refractivity contribution >= 4 is 29.2 Å². The van der Waals surface area contributed by atoms with Crippen LogP contribution in [0.25, 0.3) is 0 Å². The van der Waals surface area contributed by atoms with Crippen LogP contribution in [0.2, 0.25) is 5.02 Å². The highest BCUT2D eigenvalue weighted by molar-refractivity contribution is 6.35. The Morgan fingerprint density at radius 2 is 1.69 bits per heavy atom. The van der Waals surface area contributed by atoms with E-state index in [1.165, 1.54) is 4.90 Å². The molecule has 6 heteroatoms. The molecule has 2 aromatic carbocycles. The summed E-state index contributed by atoms with van der Waals surface area (Å²) < 4.78 is 5.42. The molecule has 0 bridgehead atoms. The van der Waals surface area contributed by atoms with Gasteiger partial charge in [-0.15, -0.1) is 0 Å². The highest BCUT2D eigenvalue weighted by atomic mass is 35.5. The molecular formula is C23H21ClN2O3. The van der Waals surface area contributed by atoms with E-state index < -0.39 is 5.54 Å². The van der Waals surface area contributed by atoms with E-state index in [1.54, 1.807) is 30.1 Å². The molecule has 0 aromatic heterocycles. The van der Waals surface area contributed by atoms with Crippen molar-refractivity contribution in [3.8, 4) is 11.8 Å². The van der Waals surface area contributed by atoms with Crippen molar-refractivity contribution in [1.29, 1.82) is 0 Å². The topological polar surface area (TPSA) is 49.9 Å². The van der Waals surface area contributed by atoms with Crippen LogP contribution in [0.5, 0.6) is 0 Å². The molecule has 2 heterocycles. The predicted octanol–water partition coefficient (Wildman–Crippen LogP) is 4.08. The first-order valence-corrected chi connectivity index (χ1v) is 9.93. The fraction of sp³-hybridized carbons (Fsp3) is 0.304. The van der Waals surface area contributed by atoms with Crippen LogP contribution >= 0.6 is 11.6 Å². The van der Waals surface area contributed by atoms with Crippen molar-refractivity contribution in [2.75, 3.05) is 25.2 Å². The molecule has 5 nitrogen and oxygen atoms in total. The summed E-state index contributed by atoms with van der Waals surface area (Å²) in [6, 6.07) is 14.4. The number of hydrogen-bond acceptors (Lipinski definition) is 3. The van der Waals surface area contributed by atoms with Gasteiger partial charge in [0.1, 0.15) is 0 Å². The molecule has 0 unspecified atom stereocenters.